The van der Waals surface area contributed by atoms with Gasteiger partial charge in [-0.15, -0.1) is 0 Å². The molecule has 0 saturated carbocycles. The summed E-state index contributed by atoms with van der Waals surface area (Å²) in [5, 5.41) is 2.21. The number of carbonyl (C=O) groups excluding carboxylic acids is 3. The van der Waals surface area contributed by atoms with Crippen molar-refractivity contribution in [1.82, 2.24) is 0 Å². The van der Waals surface area contributed by atoms with Crippen molar-refractivity contribution in [3.8, 4) is 0 Å². The fourth-order valence-corrected chi connectivity index (χ4v) is 1.40. The number of para-hydroxylation sites is 1. The zero-order chi connectivity index (χ0) is 16.8. The SMILES string of the molecule is COC(=O)C(C(=O)Nc1ccccc1)C(=O)OCC(F)(F)F. The first-order chi connectivity index (χ1) is 10.2. The number of benzene rings is 1. The van der Waals surface area contributed by atoms with Gasteiger partial charge in [-0.05, 0) is 12.1 Å². The van der Waals surface area contributed by atoms with Crippen molar-refractivity contribution in [2.24, 2.45) is 5.92 Å². The number of amides is 1. The fourth-order valence-electron chi connectivity index (χ4n) is 1.40. The Morgan fingerprint density at radius 1 is 1.14 bits per heavy atom. The highest BCUT2D eigenvalue weighted by molar-refractivity contribution is 6.18. The number of alkyl halides is 3. The highest BCUT2D eigenvalue weighted by Gasteiger charge is 2.39. The van der Waals surface area contributed by atoms with E-state index in [1.165, 1.54) is 12.1 Å². The molecule has 120 valence electrons. The van der Waals surface area contributed by atoms with Crippen LogP contribution in [0.5, 0.6) is 0 Å². The summed E-state index contributed by atoms with van der Waals surface area (Å²) in [6.45, 7) is -1.90. The van der Waals surface area contributed by atoms with E-state index >= 15 is 0 Å². The second-order valence-corrected chi connectivity index (χ2v) is 4.03. The molecular formula is C13H12F3NO5. The molecule has 1 rings (SSSR count). The zero-order valence-electron chi connectivity index (χ0n) is 11.3. The van der Waals surface area contributed by atoms with E-state index in [1.807, 2.05) is 0 Å². The minimum absolute atomic E-state index is 0.255. The van der Waals surface area contributed by atoms with E-state index in [2.05, 4.69) is 14.8 Å². The van der Waals surface area contributed by atoms with Gasteiger partial charge in [0.2, 0.25) is 11.8 Å². The first kappa shape index (κ1) is 17.5. The summed E-state index contributed by atoms with van der Waals surface area (Å²) in [6, 6.07) is 7.74. The van der Waals surface area contributed by atoms with Crippen LogP contribution in [0.2, 0.25) is 0 Å². The van der Waals surface area contributed by atoms with Crippen LogP contribution in [0.25, 0.3) is 0 Å². The molecule has 0 aliphatic carbocycles. The Kier molecular flexibility index (Phi) is 5.90. The fraction of sp³-hybridized carbons (Fsp3) is 0.308. The van der Waals surface area contributed by atoms with Gasteiger partial charge in [0.1, 0.15) is 0 Å². The Morgan fingerprint density at radius 3 is 2.23 bits per heavy atom. The van der Waals surface area contributed by atoms with Crippen LogP contribution in [0.15, 0.2) is 30.3 Å². The van der Waals surface area contributed by atoms with Crippen molar-refractivity contribution in [3.63, 3.8) is 0 Å². The van der Waals surface area contributed by atoms with Crippen LogP contribution >= 0.6 is 0 Å². The van der Waals surface area contributed by atoms with E-state index in [0.29, 0.717) is 0 Å². The lowest BCUT2D eigenvalue weighted by Gasteiger charge is -2.15. The number of hydrogen-bond donors (Lipinski definition) is 1. The number of anilines is 1. The number of carbonyl (C=O) groups is 3. The van der Waals surface area contributed by atoms with Gasteiger partial charge >= 0.3 is 18.1 Å². The lowest BCUT2D eigenvalue weighted by molar-refractivity contribution is -0.191. The van der Waals surface area contributed by atoms with E-state index in [-0.39, 0.29) is 5.69 Å². The van der Waals surface area contributed by atoms with Crippen molar-refractivity contribution < 1.29 is 37.0 Å². The number of ether oxygens (including phenoxy) is 2. The van der Waals surface area contributed by atoms with Crippen LogP contribution < -0.4 is 5.32 Å². The third-order valence-electron chi connectivity index (χ3n) is 2.35. The number of nitrogens with one attached hydrogen (secondary N) is 1. The average molecular weight is 319 g/mol. The molecule has 0 radical (unpaired) electrons. The highest BCUT2D eigenvalue weighted by atomic mass is 19.4. The van der Waals surface area contributed by atoms with Gasteiger partial charge in [-0.3, -0.25) is 14.4 Å². The number of halogens is 3. The molecule has 1 amide bonds. The second kappa shape index (κ2) is 7.43. The second-order valence-electron chi connectivity index (χ2n) is 4.03. The molecule has 0 fully saturated rings. The molecule has 0 bridgehead atoms. The van der Waals surface area contributed by atoms with Gasteiger partial charge in [0.15, 0.2) is 6.61 Å². The predicted octanol–water partition coefficient (Wildman–Crippen LogP) is 1.52. The minimum atomic E-state index is -4.77. The maximum Gasteiger partial charge on any atom is 0.422 e. The smallest absolute Gasteiger partial charge is 0.422 e. The number of rotatable bonds is 5. The number of esters is 2. The quantitative estimate of drug-likeness (QED) is 0.657. The van der Waals surface area contributed by atoms with Crippen LogP contribution in [0.4, 0.5) is 18.9 Å². The standard InChI is InChI=1S/C13H12F3NO5/c1-21-11(19)9(12(20)22-7-13(14,15)16)10(18)17-8-5-3-2-4-6-8/h2-6,9H,7H2,1H3,(H,17,18). The molecule has 1 atom stereocenters. The maximum absolute atomic E-state index is 12.0. The Morgan fingerprint density at radius 2 is 1.73 bits per heavy atom. The van der Waals surface area contributed by atoms with Crippen molar-refractivity contribution >= 4 is 23.5 Å². The molecule has 0 saturated heterocycles. The van der Waals surface area contributed by atoms with Gasteiger partial charge in [0.25, 0.3) is 0 Å². The molecular weight excluding hydrogens is 307 g/mol. The van der Waals surface area contributed by atoms with Crippen molar-refractivity contribution in [2.75, 3.05) is 19.0 Å². The van der Waals surface area contributed by atoms with Gasteiger partial charge in [-0.25, -0.2) is 0 Å². The average Bonchev–Trinajstić information content (AvgIpc) is 2.45. The van der Waals surface area contributed by atoms with Gasteiger partial charge in [0.05, 0.1) is 7.11 Å². The van der Waals surface area contributed by atoms with Gasteiger partial charge in [-0.2, -0.15) is 13.2 Å². The minimum Gasteiger partial charge on any atom is -0.468 e. The Hall–Kier alpha value is -2.58. The largest absolute Gasteiger partial charge is 0.468 e. The molecule has 0 heterocycles. The first-order valence-corrected chi connectivity index (χ1v) is 5.91. The summed E-state index contributed by atoms with van der Waals surface area (Å²) in [6.07, 6.45) is -4.77. The monoisotopic (exact) mass is 319 g/mol. The normalized spacial score (nSPS) is 12.2. The lowest BCUT2D eigenvalue weighted by atomic mass is 10.1. The third kappa shape index (κ3) is 5.43. The Labute approximate surface area is 123 Å². The molecule has 0 spiro atoms. The molecule has 6 nitrogen and oxygen atoms in total. The van der Waals surface area contributed by atoms with Gasteiger partial charge in [0, 0.05) is 5.69 Å². The predicted molar refractivity (Wildman–Crippen MR) is 67.6 cm³/mol. The number of methoxy groups -OCH3 is 1. The third-order valence-corrected chi connectivity index (χ3v) is 2.35. The summed E-state index contributed by atoms with van der Waals surface area (Å²) in [5.41, 5.74) is 0.255. The molecule has 0 aromatic heterocycles. The van der Waals surface area contributed by atoms with E-state index in [4.69, 9.17) is 0 Å². The Bertz CT molecular complexity index is 544. The van der Waals surface area contributed by atoms with Gasteiger partial charge < -0.3 is 14.8 Å². The van der Waals surface area contributed by atoms with Crippen molar-refractivity contribution in [2.45, 2.75) is 6.18 Å². The van der Waals surface area contributed by atoms with E-state index in [1.54, 1.807) is 18.2 Å². The molecule has 0 aliphatic heterocycles. The van der Waals surface area contributed by atoms with Crippen LogP contribution in [0, 0.1) is 5.92 Å². The molecule has 1 N–H and O–H groups in total. The summed E-state index contributed by atoms with van der Waals surface area (Å²) < 4.78 is 44.2. The maximum atomic E-state index is 12.0. The molecule has 9 heteroatoms. The Balaban J connectivity index is 2.81. The summed E-state index contributed by atoms with van der Waals surface area (Å²) in [4.78, 5) is 34.9. The molecule has 1 aromatic carbocycles. The topological polar surface area (TPSA) is 81.7 Å². The first-order valence-electron chi connectivity index (χ1n) is 5.91. The van der Waals surface area contributed by atoms with Crippen molar-refractivity contribution in [1.29, 1.82) is 0 Å². The summed E-state index contributed by atoms with van der Waals surface area (Å²) in [7, 11) is 0.891. The molecule has 1 unspecified atom stereocenters. The molecule has 1 aromatic rings. The van der Waals surface area contributed by atoms with Crippen LogP contribution in [0.1, 0.15) is 0 Å². The van der Waals surface area contributed by atoms with Crippen LogP contribution in [0.3, 0.4) is 0 Å². The van der Waals surface area contributed by atoms with E-state index in [0.717, 1.165) is 7.11 Å². The van der Waals surface area contributed by atoms with Crippen LogP contribution in [-0.4, -0.2) is 37.7 Å². The van der Waals surface area contributed by atoms with Crippen molar-refractivity contribution in [3.05, 3.63) is 30.3 Å². The summed E-state index contributed by atoms with van der Waals surface area (Å²) in [5.74, 6) is -6.25. The van der Waals surface area contributed by atoms with Gasteiger partial charge in [-0.1, -0.05) is 18.2 Å². The van der Waals surface area contributed by atoms with Crippen LogP contribution in [-0.2, 0) is 23.9 Å². The number of hydrogen-bond acceptors (Lipinski definition) is 5. The van der Waals surface area contributed by atoms with E-state index < -0.39 is 36.5 Å². The summed E-state index contributed by atoms with van der Waals surface area (Å²) >= 11 is 0. The molecule has 22 heavy (non-hydrogen) atoms. The van der Waals surface area contributed by atoms with E-state index in [9.17, 15) is 27.6 Å². The highest BCUT2D eigenvalue weighted by Crippen LogP contribution is 2.17. The lowest BCUT2D eigenvalue weighted by Crippen LogP contribution is -2.39. The zero-order valence-corrected chi connectivity index (χ0v) is 11.3. The molecule has 0 aliphatic rings.